The number of benzene rings is 1. The Morgan fingerprint density at radius 1 is 0.641 bits per heavy atom. The largest absolute Gasteiger partial charge is 0.481 e. The second-order valence-electron chi connectivity index (χ2n) is 15.9. The molecule has 23 nitrogen and oxygen atoms in total. The van der Waals surface area contributed by atoms with E-state index in [-0.39, 0.29) is 63.5 Å². The van der Waals surface area contributed by atoms with Crippen LogP contribution >= 0.6 is 0 Å². The topological polar surface area (TPSA) is 400 Å². The predicted molar refractivity (Wildman–Crippen MR) is 233 cm³/mol. The van der Waals surface area contributed by atoms with Crippen LogP contribution in [0.1, 0.15) is 91.0 Å². The van der Waals surface area contributed by atoms with Crippen LogP contribution in [0, 0.1) is 17.2 Å². The van der Waals surface area contributed by atoms with E-state index in [0.717, 1.165) is 5.56 Å². The lowest BCUT2D eigenvalue weighted by atomic mass is 9.96. The number of carbonyl (C=O) groups is 9. The molecule has 6 amide bonds. The number of nitrogens with one attached hydrogen (secondary N) is 8. The fraction of sp³-hybridized carbons (Fsp3) is 0.610. The number of nitrogens with two attached hydrogens (primary N) is 3. The first-order chi connectivity index (χ1) is 30.1. The van der Waals surface area contributed by atoms with Crippen LogP contribution in [0.5, 0.6) is 0 Å². The maximum Gasteiger partial charge on any atom is 0.326 e. The molecule has 8 atom stereocenters. The van der Waals surface area contributed by atoms with Crippen molar-refractivity contribution in [2.24, 2.45) is 29.0 Å². The molecule has 0 aliphatic heterocycles. The van der Waals surface area contributed by atoms with E-state index in [0.29, 0.717) is 12.8 Å². The van der Waals surface area contributed by atoms with Gasteiger partial charge in [-0.15, -0.1) is 0 Å². The zero-order valence-corrected chi connectivity index (χ0v) is 36.8. The lowest BCUT2D eigenvalue weighted by Crippen LogP contribution is -2.61. The van der Waals surface area contributed by atoms with Crippen molar-refractivity contribution < 1.29 is 58.5 Å². The van der Waals surface area contributed by atoms with Crippen LogP contribution in [0.3, 0.4) is 0 Å². The van der Waals surface area contributed by atoms with Crippen LogP contribution < -0.4 is 54.4 Å². The highest BCUT2D eigenvalue weighted by Gasteiger charge is 2.36. The molecule has 0 radical (unpaired) electrons. The van der Waals surface area contributed by atoms with E-state index in [1.165, 1.54) is 6.92 Å². The molecule has 8 unspecified atom stereocenters. The van der Waals surface area contributed by atoms with Gasteiger partial charge in [0, 0.05) is 6.54 Å². The average molecular weight is 906 g/mol. The highest BCUT2D eigenvalue weighted by Crippen LogP contribution is 2.13. The molecule has 0 saturated heterocycles. The third-order valence-electron chi connectivity index (χ3n) is 9.97. The molecule has 0 saturated carbocycles. The van der Waals surface area contributed by atoms with Crippen LogP contribution in [0.15, 0.2) is 30.3 Å². The average Bonchev–Trinajstić information content (AvgIpc) is 3.21. The fourth-order valence-corrected chi connectivity index (χ4v) is 6.29. The molecule has 0 heterocycles. The van der Waals surface area contributed by atoms with Crippen molar-refractivity contribution in [3.63, 3.8) is 0 Å². The summed E-state index contributed by atoms with van der Waals surface area (Å²) in [6.07, 6.45) is -0.688. The summed E-state index contributed by atoms with van der Waals surface area (Å²) in [5.74, 6) is -11.5. The molecule has 0 aliphatic carbocycles. The number of carbonyl (C=O) groups excluding carboxylic acids is 6. The highest BCUT2D eigenvalue weighted by molar-refractivity contribution is 5.98. The van der Waals surface area contributed by atoms with E-state index in [1.807, 2.05) is 0 Å². The quantitative estimate of drug-likeness (QED) is 0.0217. The van der Waals surface area contributed by atoms with Gasteiger partial charge in [-0.1, -0.05) is 64.4 Å². The maximum absolute atomic E-state index is 13.9. The minimum Gasteiger partial charge on any atom is -0.481 e. The summed E-state index contributed by atoms with van der Waals surface area (Å²) < 4.78 is 0. The number of rotatable bonds is 31. The summed E-state index contributed by atoms with van der Waals surface area (Å²) in [7, 11) is 0. The maximum atomic E-state index is 13.9. The van der Waals surface area contributed by atoms with E-state index in [4.69, 9.17) is 22.6 Å². The molecular formula is C41H67N11O12. The third-order valence-corrected chi connectivity index (χ3v) is 9.97. The van der Waals surface area contributed by atoms with E-state index >= 15 is 0 Å². The molecule has 17 N–H and O–H groups in total. The molecule has 1 aromatic rings. The predicted octanol–water partition coefficient (Wildman–Crippen LogP) is -2.02. The number of carboxylic acids is 3. The lowest BCUT2D eigenvalue weighted by molar-refractivity contribution is -0.143. The summed E-state index contributed by atoms with van der Waals surface area (Å²) in [6, 6.07) is -1.39. The summed E-state index contributed by atoms with van der Waals surface area (Å²) in [5.41, 5.74) is 17.7. The number of carboxylic acid groups (broad SMARTS) is 3. The summed E-state index contributed by atoms with van der Waals surface area (Å²) in [5, 5.41) is 53.4. The number of amides is 6. The normalized spacial score (nSPS) is 14.7. The first-order valence-electron chi connectivity index (χ1n) is 21.2. The van der Waals surface area contributed by atoms with Crippen LogP contribution in [0.2, 0.25) is 0 Å². The standard InChI is InChI=1S/C41H67N11O12/c1-5-23(4)33(52-38(61)30(21-32(55)56)50-36(59)28(18-22(2)3)49-34(57)25(43)19-24-12-7-6-8-13-24)39(62)51-29(20-31(53)54)37(60)47-26(15-11-17-46-41(44)45)35(58)48-27(40(63)64)14-9-10-16-42/h6-8,12-13,22-23,25-30,33H,5,9-11,14-21,42-43H2,1-4H3,(H,47,60)(H,48,58)(H,49,57)(H,50,59)(H,51,62)(H,52,61)(H,53,54)(H,55,56)(H,63,64)(H4,44,45,46). The Hall–Kier alpha value is -6.36. The molecule has 1 aromatic carbocycles. The van der Waals surface area contributed by atoms with Gasteiger partial charge in [0.05, 0.1) is 18.9 Å². The van der Waals surface area contributed by atoms with Crippen molar-refractivity contribution in [3.8, 4) is 0 Å². The molecular weight excluding hydrogens is 839 g/mol. The number of aliphatic carboxylic acids is 3. The Kier molecular flexibility index (Phi) is 25.3. The van der Waals surface area contributed by atoms with E-state index < -0.39 is 114 Å². The summed E-state index contributed by atoms with van der Waals surface area (Å²) >= 11 is 0. The zero-order chi connectivity index (χ0) is 48.5. The first kappa shape index (κ1) is 55.7. The minimum atomic E-state index is -1.86. The van der Waals surface area contributed by atoms with Crippen molar-refractivity contribution in [3.05, 3.63) is 35.9 Å². The molecule has 0 aromatic heterocycles. The van der Waals surface area contributed by atoms with Crippen LogP contribution in [0.4, 0.5) is 0 Å². The van der Waals surface area contributed by atoms with Gasteiger partial charge in [0.25, 0.3) is 0 Å². The second-order valence-corrected chi connectivity index (χ2v) is 15.9. The summed E-state index contributed by atoms with van der Waals surface area (Å²) in [6.45, 7) is 7.09. The van der Waals surface area contributed by atoms with E-state index in [1.54, 1.807) is 51.1 Å². The van der Waals surface area contributed by atoms with E-state index in [9.17, 15) is 58.5 Å². The Morgan fingerprint density at radius 2 is 1.12 bits per heavy atom. The van der Waals surface area contributed by atoms with Crippen molar-refractivity contribution in [2.45, 2.75) is 134 Å². The lowest BCUT2D eigenvalue weighted by Gasteiger charge is -2.29. The molecule has 358 valence electrons. The van der Waals surface area contributed by atoms with E-state index in [2.05, 4.69) is 37.2 Å². The molecule has 64 heavy (non-hydrogen) atoms. The van der Waals surface area contributed by atoms with Gasteiger partial charge in [0.1, 0.15) is 36.3 Å². The van der Waals surface area contributed by atoms with Gasteiger partial charge in [-0.05, 0) is 68.9 Å². The van der Waals surface area contributed by atoms with Crippen molar-refractivity contribution >= 4 is 59.3 Å². The van der Waals surface area contributed by atoms with Crippen LogP contribution in [-0.4, -0.2) is 130 Å². The van der Waals surface area contributed by atoms with Crippen molar-refractivity contribution in [1.29, 1.82) is 5.41 Å². The first-order valence-corrected chi connectivity index (χ1v) is 21.2. The van der Waals surface area contributed by atoms with Gasteiger partial charge < -0.3 is 69.7 Å². The monoisotopic (exact) mass is 905 g/mol. The molecule has 0 bridgehead atoms. The second kappa shape index (κ2) is 29.1. The van der Waals surface area contributed by atoms with Gasteiger partial charge in [0.15, 0.2) is 5.96 Å². The molecule has 23 heteroatoms. The van der Waals surface area contributed by atoms with Gasteiger partial charge in [-0.3, -0.25) is 43.8 Å². The van der Waals surface area contributed by atoms with Gasteiger partial charge in [-0.2, -0.15) is 0 Å². The number of unbranched alkanes of at least 4 members (excludes halogenated alkanes) is 1. The molecule has 0 spiro atoms. The Balaban J connectivity index is 3.35. The Labute approximate surface area is 372 Å². The van der Waals surface area contributed by atoms with Gasteiger partial charge in [0.2, 0.25) is 35.4 Å². The third kappa shape index (κ3) is 21.6. The van der Waals surface area contributed by atoms with Gasteiger partial charge >= 0.3 is 17.9 Å². The molecule has 1 rings (SSSR count). The summed E-state index contributed by atoms with van der Waals surface area (Å²) in [4.78, 5) is 117. The highest BCUT2D eigenvalue weighted by atomic mass is 16.4. The molecule has 0 aliphatic rings. The van der Waals surface area contributed by atoms with Crippen LogP contribution in [-0.2, 0) is 49.6 Å². The SMILES string of the molecule is CCC(C)C(NC(=O)C(CC(=O)O)NC(=O)C(CC(C)C)NC(=O)C(N)Cc1ccccc1)C(=O)NC(CC(=O)O)C(=O)NC(CCCNC(=N)N)C(=O)NC(CCCCN)C(=O)O. The van der Waals surface area contributed by atoms with Crippen LogP contribution in [0.25, 0.3) is 0 Å². The van der Waals surface area contributed by atoms with Crippen molar-refractivity contribution in [1.82, 2.24) is 37.2 Å². The van der Waals surface area contributed by atoms with Gasteiger partial charge in [-0.25, -0.2) is 4.79 Å². The zero-order valence-electron chi connectivity index (χ0n) is 36.8. The number of hydrogen-bond donors (Lipinski definition) is 14. The smallest absolute Gasteiger partial charge is 0.326 e. The minimum absolute atomic E-state index is 0.0151. The molecule has 0 fully saturated rings. The van der Waals surface area contributed by atoms with Crippen molar-refractivity contribution in [2.75, 3.05) is 13.1 Å². The Morgan fingerprint density at radius 3 is 1.64 bits per heavy atom. The number of guanidine groups is 1. The Bertz CT molecular complexity index is 1750. The fourth-order valence-electron chi connectivity index (χ4n) is 6.29. The number of hydrogen-bond acceptors (Lipinski definition) is 12.